The summed E-state index contributed by atoms with van der Waals surface area (Å²) in [5.74, 6) is -0.981. The molecule has 0 saturated heterocycles. The van der Waals surface area contributed by atoms with Crippen LogP contribution < -0.4 is 0 Å². The van der Waals surface area contributed by atoms with Crippen molar-refractivity contribution in [2.45, 2.75) is 6.42 Å². The zero-order valence-corrected chi connectivity index (χ0v) is 11.2. The number of nitrogens with zero attached hydrogens (tertiary/aromatic N) is 2. The second-order valence-corrected chi connectivity index (χ2v) is 4.87. The lowest BCUT2D eigenvalue weighted by atomic mass is 10.1. The first-order chi connectivity index (χ1) is 9.65. The Morgan fingerprint density at radius 1 is 1.25 bits per heavy atom. The van der Waals surface area contributed by atoms with Gasteiger partial charge in [-0.2, -0.15) is 0 Å². The lowest BCUT2D eigenvalue weighted by molar-refractivity contribution is 0.0698. The Balaban J connectivity index is 2.04. The molecule has 0 aliphatic carbocycles. The number of hydrogen-bond acceptors (Lipinski definition) is 2. The van der Waals surface area contributed by atoms with Gasteiger partial charge in [0.05, 0.1) is 5.69 Å². The summed E-state index contributed by atoms with van der Waals surface area (Å²) in [7, 11) is 0. The van der Waals surface area contributed by atoms with E-state index in [2.05, 4.69) is 4.98 Å². The number of pyridine rings is 1. The van der Waals surface area contributed by atoms with E-state index in [4.69, 9.17) is 16.7 Å². The number of benzene rings is 1. The molecule has 2 heterocycles. The third-order valence-electron chi connectivity index (χ3n) is 3.09. The first-order valence-corrected chi connectivity index (χ1v) is 6.46. The topological polar surface area (TPSA) is 54.6 Å². The molecule has 100 valence electrons. The fourth-order valence-electron chi connectivity index (χ4n) is 2.15. The van der Waals surface area contributed by atoms with Gasteiger partial charge in [0.25, 0.3) is 0 Å². The molecule has 0 aliphatic heterocycles. The molecule has 0 radical (unpaired) electrons. The van der Waals surface area contributed by atoms with Crippen LogP contribution in [0.15, 0.2) is 48.8 Å². The summed E-state index contributed by atoms with van der Waals surface area (Å²) in [5, 5.41) is 9.83. The van der Waals surface area contributed by atoms with Crippen molar-refractivity contribution in [3.8, 4) is 0 Å². The molecular formula is C15H11ClN2O2. The zero-order chi connectivity index (χ0) is 14.1. The highest BCUT2D eigenvalue weighted by atomic mass is 35.5. The third kappa shape index (κ3) is 2.26. The number of aromatic nitrogens is 2. The van der Waals surface area contributed by atoms with Gasteiger partial charge in [-0.05, 0) is 23.8 Å². The molecule has 0 spiro atoms. The number of hydrogen-bond donors (Lipinski definition) is 1. The van der Waals surface area contributed by atoms with Crippen LogP contribution in [-0.2, 0) is 6.42 Å². The van der Waals surface area contributed by atoms with Crippen molar-refractivity contribution in [3.05, 3.63) is 70.6 Å². The molecule has 0 unspecified atom stereocenters. The number of imidazole rings is 1. The maximum Gasteiger partial charge on any atom is 0.339 e. The Bertz CT molecular complexity index is 795. The van der Waals surface area contributed by atoms with Crippen LogP contribution in [0, 0.1) is 0 Å². The predicted octanol–water partition coefficient (Wildman–Crippen LogP) is 3.28. The number of fused-ring (bicyclic) bond motifs is 1. The molecule has 20 heavy (non-hydrogen) atoms. The maximum atomic E-state index is 11.2. The van der Waals surface area contributed by atoms with E-state index in [1.54, 1.807) is 22.7 Å². The first kappa shape index (κ1) is 12.7. The molecule has 0 bridgehead atoms. The first-order valence-electron chi connectivity index (χ1n) is 6.08. The number of carboxylic acids is 1. The van der Waals surface area contributed by atoms with Crippen LogP contribution in [0.25, 0.3) is 5.65 Å². The van der Waals surface area contributed by atoms with Crippen molar-refractivity contribution in [1.29, 1.82) is 0 Å². The Labute approximate surface area is 120 Å². The maximum absolute atomic E-state index is 11.2. The van der Waals surface area contributed by atoms with Crippen LogP contribution in [-0.4, -0.2) is 20.5 Å². The van der Waals surface area contributed by atoms with Crippen LogP contribution in [0.2, 0.25) is 5.02 Å². The van der Waals surface area contributed by atoms with Crippen LogP contribution in [0.3, 0.4) is 0 Å². The summed E-state index contributed by atoms with van der Waals surface area (Å²) in [5.41, 5.74) is 2.39. The largest absolute Gasteiger partial charge is 0.478 e. The fourth-order valence-corrected chi connectivity index (χ4v) is 2.36. The highest BCUT2D eigenvalue weighted by Gasteiger charge is 2.12. The quantitative estimate of drug-likeness (QED) is 0.804. The van der Waals surface area contributed by atoms with E-state index in [0.29, 0.717) is 17.1 Å². The minimum Gasteiger partial charge on any atom is -0.478 e. The Kier molecular flexibility index (Phi) is 3.16. The SMILES string of the molecule is O=C(O)c1cccn2cc(Cc3ccccc3Cl)nc12. The van der Waals surface area contributed by atoms with Gasteiger partial charge in [0, 0.05) is 23.8 Å². The number of carbonyl (C=O) groups is 1. The van der Waals surface area contributed by atoms with Crippen molar-refractivity contribution in [2.75, 3.05) is 0 Å². The van der Waals surface area contributed by atoms with Gasteiger partial charge in [0.2, 0.25) is 0 Å². The summed E-state index contributed by atoms with van der Waals surface area (Å²) in [6.45, 7) is 0. The highest BCUT2D eigenvalue weighted by molar-refractivity contribution is 6.31. The number of carboxylic acid groups (broad SMARTS) is 1. The van der Waals surface area contributed by atoms with Crippen molar-refractivity contribution in [1.82, 2.24) is 9.38 Å². The van der Waals surface area contributed by atoms with Gasteiger partial charge in [0.15, 0.2) is 5.65 Å². The third-order valence-corrected chi connectivity index (χ3v) is 3.46. The summed E-state index contributed by atoms with van der Waals surface area (Å²) >= 11 is 6.13. The molecule has 4 nitrogen and oxygen atoms in total. The van der Waals surface area contributed by atoms with Gasteiger partial charge in [-0.15, -0.1) is 0 Å². The van der Waals surface area contributed by atoms with Gasteiger partial charge in [-0.1, -0.05) is 29.8 Å². The number of halogens is 1. The average Bonchev–Trinajstić information content (AvgIpc) is 2.83. The zero-order valence-electron chi connectivity index (χ0n) is 10.5. The van der Waals surface area contributed by atoms with E-state index in [1.165, 1.54) is 0 Å². The van der Waals surface area contributed by atoms with E-state index < -0.39 is 5.97 Å². The van der Waals surface area contributed by atoms with E-state index in [0.717, 1.165) is 11.3 Å². The summed E-state index contributed by atoms with van der Waals surface area (Å²) in [6, 6.07) is 10.8. The molecule has 0 fully saturated rings. The molecule has 0 atom stereocenters. The van der Waals surface area contributed by atoms with Crippen LogP contribution in [0.5, 0.6) is 0 Å². The standard InChI is InChI=1S/C15H11ClN2O2/c16-13-6-2-1-4-10(13)8-11-9-18-7-3-5-12(15(19)20)14(18)17-11/h1-7,9H,8H2,(H,19,20). The molecule has 2 aromatic heterocycles. The Morgan fingerprint density at radius 2 is 2.05 bits per heavy atom. The molecule has 0 aliphatic rings. The average molecular weight is 287 g/mol. The fraction of sp³-hybridized carbons (Fsp3) is 0.0667. The number of rotatable bonds is 3. The van der Waals surface area contributed by atoms with Gasteiger partial charge in [0.1, 0.15) is 5.56 Å². The minimum absolute atomic E-state index is 0.193. The Hall–Kier alpha value is -2.33. The second kappa shape index (κ2) is 4.98. The molecule has 3 rings (SSSR count). The van der Waals surface area contributed by atoms with E-state index in [-0.39, 0.29) is 5.56 Å². The molecule has 3 aromatic rings. The lowest BCUT2D eigenvalue weighted by Gasteiger charge is -2.00. The molecule has 0 amide bonds. The lowest BCUT2D eigenvalue weighted by Crippen LogP contribution is -1.99. The highest BCUT2D eigenvalue weighted by Crippen LogP contribution is 2.19. The van der Waals surface area contributed by atoms with Crippen molar-refractivity contribution >= 4 is 23.2 Å². The number of aromatic carboxylic acids is 1. The van der Waals surface area contributed by atoms with Gasteiger partial charge < -0.3 is 9.51 Å². The normalized spacial score (nSPS) is 10.8. The van der Waals surface area contributed by atoms with E-state index in [1.807, 2.05) is 30.5 Å². The smallest absolute Gasteiger partial charge is 0.339 e. The van der Waals surface area contributed by atoms with Gasteiger partial charge in [-0.25, -0.2) is 9.78 Å². The van der Waals surface area contributed by atoms with Crippen LogP contribution in [0.1, 0.15) is 21.6 Å². The molecule has 1 N–H and O–H groups in total. The molecule has 0 saturated carbocycles. The van der Waals surface area contributed by atoms with Gasteiger partial charge >= 0.3 is 5.97 Å². The van der Waals surface area contributed by atoms with Crippen molar-refractivity contribution in [3.63, 3.8) is 0 Å². The summed E-state index contributed by atoms with van der Waals surface area (Å²) < 4.78 is 1.72. The van der Waals surface area contributed by atoms with Gasteiger partial charge in [-0.3, -0.25) is 0 Å². The monoisotopic (exact) mass is 286 g/mol. The van der Waals surface area contributed by atoms with Crippen LogP contribution >= 0.6 is 11.6 Å². The second-order valence-electron chi connectivity index (χ2n) is 4.46. The Morgan fingerprint density at radius 3 is 2.80 bits per heavy atom. The predicted molar refractivity (Wildman–Crippen MR) is 76.4 cm³/mol. The summed E-state index contributed by atoms with van der Waals surface area (Å²) in [4.78, 5) is 15.6. The molecular weight excluding hydrogens is 276 g/mol. The van der Waals surface area contributed by atoms with E-state index >= 15 is 0 Å². The summed E-state index contributed by atoms with van der Waals surface area (Å²) in [6.07, 6.45) is 4.18. The van der Waals surface area contributed by atoms with Crippen LogP contribution in [0.4, 0.5) is 0 Å². The minimum atomic E-state index is -0.981. The molecule has 1 aromatic carbocycles. The van der Waals surface area contributed by atoms with Crippen molar-refractivity contribution < 1.29 is 9.90 Å². The van der Waals surface area contributed by atoms with Crippen molar-refractivity contribution in [2.24, 2.45) is 0 Å². The molecule has 5 heteroatoms. The van der Waals surface area contributed by atoms with E-state index in [9.17, 15) is 4.79 Å².